The van der Waals surface area contributed by atoms with E-state index in [0.717, 1.165) is 11.8 Å². The summed E-state index contributed by atoms with van der Waals surface area (Å²) in [6.45, 7) is 10.8. The maximum atomic E-state index is 2.71. The SMILES string of the molecule is CC12CC3CC(C)(C1)CC(P(Cc1ccccc1)C14CC5CC(C)(CC(C)(C5)C1)C4)(C3)C2. The normalized spacial score (nSPS) is 56.0. The molecule has 1 heteroatoms. The van der Waals surface area contributed by atoms with E-state index in [1.165, 1.54) is 19.0 Å². The molecule has 0 spiro atoms. The minimum absolute atomic E-state index is 0.0125. The van der Waals surface area contributed by atoms with Crippen molar-refractivity contribution in [2.24, 2.45) is 33.5 Å². The molecule has 0 heterocycles. The third-order valence-corrected chi connectivity index (χ3v) is 15.5. The predicted octanol–water partition coefficient (Wildman–Crippen LogP) is 9.17. The van der Waals surface area contributed by atoms with Crippen molar-refractivity contribution in [3.63, 3.8) is 0 Å². The van der Waals surface area contributed by atoms with E-state index in [1.54, 1.807) is 69.8 Å². The number of hydrogen-bond donors (Lipinski definition) is 0. The molecule has 8 saturated carbocycles. The van der Waals surface area contributed by atoms with E-state index in [2.05, 4.69) is 58.0 Å². The van der Waals surface area contributed by atoms with Crippen molar-refractivity contribution in [3.8, 4) is 0 Å². The van der Waals surface area contributed by atoms with E-state index < -0.39 is 0 Å². The van der Waals surface area contributed by atoms with Gasteiger partial charge in [-0.15, -0.1) is 0 Å². The van der Waals surface area contributed by atoms with Crippen LogP contribution >= 0.6 is 7.92 Å². The molecule has 0 radical (unpaired) electrons. The van der Waals surface area contributed by atoms with Crippen LogP contribution in [0.3, 0.4) is 0 Å². The highest BCUT2D eigenvalue weighted by atomic mass is 31.1. The van der Waals surface area contributed by atoms with Gasteiger partial charge in [0.05, 0.1) is 0 Å². The Morgan fingerprint density at radius 2 is 1.00 bits per heavy atom. The van der Waals surface area contributed by atoms with Gasteiger partial charge in [-0.3, -0.25) is 0 Å². The smallest absolute Gasteiger partial charge is 0.00631 e. The Hall–Kier alpha value is -0.350. The van der Waals surface area contributed by atoms with Gasteiger partial charge in [-0.2, -0.15) is 0 Å². The number of rotatable bonds is 4. The van der Waals surface area contributed by atoms with E-state index in [-0.39, 0.29) is 7.92 Å². The first kappa shape index (κ1) is 21.0. The monoisotopic (exact) mass is 448 g/mol. The zero-order valence-electron chi connectivity index (χ0n) is 21.2. The topological polar surface area (TPSA) is 0 Å². The van der Waals surface area contributed by atoms with Crippen LogP contribution in [0, 0.1) is 33.5 Å². The highest BCUT2D eigenvalue weighted by Gasteiger charge is 2.69. The van der Waals surface area contributed by atoms with Crippen molar-refractivity contribution in [1.29, 1.82) is 0 Å². The van der Waals surface area contributed by atoms with Crippen LogP contribution in [0.5, 0.6) is 0 Å². The van der Waals surface area contributed by atoms with E-state index in [0.29, 0.717) is 32.0 Å². The Morgan fingerprint density at radius 1 is 0.594 bits per heavy atom. The predicted molar refractivity (Wildman–Crippen MR) is 137 cm³/mol. The summed E-state index contributed by atoms with van der Waals surface area (Å²) in [5, 5.41) is 1.35. The molecule has 8 bridgehead atoms. The van der Waals surface area contributed by atoms with Gasteiger partial charge in [-0.05, 0) is 133 Å². The van der Waals surface area contributed by atoms with Crippen LogP contribution < -0.4 is 0 Å². The molecule has 9 rings (SSSR count). The van der Waals surface area contributed by atoms with E-state index >= 15 is 0 Å². The van der Waals surface area contributed by atoms with E-state index in [9.17, 15) is 0 Å². The lowest BCUT2D eigenvalue weighted by atomic mass is 9.44. The highest BCUT2D eigenvalue weighted by Crippen LogP contribution is 2.84. The zero-order chi connectivity index (χ0) is 22.0. The van der Waals surface area contributed by atoms with Crippen molar-refractivity contribution in [1.82, 2.24) is 0 Å². The molecule has 174 valence electrons. The van der Waals surface area contributed by atoms with Gasteiger partial charge in [-0.1, -0.05) is 65.9 Å². The molecule has 8 fully saturated rings. The van der Waals surface area contributed by atoms with Gasteiger partial charge in [0.25, 0.3) is 0 Å². The summed E-state index contributed by atoms with van der Waals surface area (Å²) >= 11 is 0. The quantitative estimate of drug-likeness (QED) is 0.403. The van der Waals surface area contributed by atoms with Crippen LogP contribution in [-0.4, -0.2) is 10.3 Å². The molecule has 1 aromatic rings. The lowest BCUT2D eigenvalue weighted by Crippen LogP contribution is -2.63. The minimum atomic E-state index is -0.0125. The molecule has 4 unspecified atom stereocenters. The molecule has 1 aromatic carbocycles. The Kier molecular flexibility index (Phi) is 4.10. The molecule has 0 saturated heterocycles. The Morgan fingerprint density at radius 3 is 1.38 bits per heavy atom. The van der Waals surface area contributed by atoms with E-state index in [1.807, 2.05) is 0 Å². The Bertz CT molecular complexity index is 839. The van der Waals surface area contributed by atoms with Crippen LogP contribution in [0.1, 0.15) is 110 Å². The Balaban J connectivity index is 1.36. The Labute approximate surface area is 198 Å². The van der Waals surface area contributed by atoms with Crippen molar-refractivity contribution in [2.45, 2.75) is 121 Å². The summed E-state index contributed by atoms with van der Waals surface area (Å²) in [4.78, 5) is 0. The number of benzene rings is 1. The van der Waals surface area contributed by atoms with Gasteiger partial charge < -0.3 is 0 Å². The molecule has 4 atom stereocenters. The van der Waals surface area contributed by atoms with Crippen molar-refractivity contribution in [2.75, 3.05) is 0 Å². The fraction of sp³-hybridized carbons (Fsp3) is 0.806. The first-order chi connectivity index (χ1) is 15.0. The number of hydrogen-bond acceptors (Lipinski definition) is 0. The first-order valence-electron chi connectivity index (χ1n) is 13.8. The summed E-state index contributed by atoms with van der Waals surface area (Å²) in [5.41, 5.74) is 4.22. The van der Waals surface area contributed by atoms with Gasteiger partial charge >= 0.3 is 0 Å². The lowest BCUT2D eigenvalue weighted by molar-refractivity contribution is -0.0922. The van der Waals surface area contributed by atoms with Crippen molar-refractivity contribution >= 4 is 7.92 Å². The van der Waals surface area contributed by atoms with Gasteiger partial charge in [0, 0.05) is 0 Å². The molecule has 0 N–H and O–H groups in total. The van der Waals surface area contributed by atoms with Gasteiger partial charge in [-0.25, -0.2) is 0 Å². The van der Waals surface area contributed by atoms with Crippen LogP contribution in [0.25, 0.3) is 0 Å². The van der Waals surface area contributed by atoms with Crippen LogP contribution in [-0.2, 0) is 6.16 Å². The molecule has 8 aliphatic rings. The van der Waals surface area contributed by atoms with Crippen LogP contribution in [0.15, 0.2) is 30.3 Å². The highest BCUT2D eigenvalue weighted by molar-refractivity contribution is 7.60. The minimum Gasteiger partial charge on any atom is -0.0894 e. The molecule has 0 nitrogen and oxygen atoms in total. The average Bonchev–Trinajstić information content (AvgIpc) is 2.61. The van der Waals surface area contributed by atoms with Gasteiger partial charge in [0.1, 0.15) is 0 Å². The second-order valence-corrected chi connectivity index (χ2v) is 18.9. The second-order valence-electron chi connectivity index (χ2n) is 15.8. The summed E-state index contributed by atoms with van der Waals surface area (Å²) in [6.07, 6.45) is 20.1. The van der Waals surface area contributed by atoms with Crippen molar-refractivity contribution < 1.29 is 0 Å². The summed E-state index contributed by atoms with van der Waals surface area (Å²) < 4.78 is 0. The van der Waals surface area contributed by atoms with Crippen LogP contribution in [0.4, 0.5) is 0 Å². The first-order valence-corrected chi connectivity index (χ1v) is 15.4. The zero-order valence-corrected chi connectivity index (χ0v) is 22.1. The maximum absolute atomic E-state index is 2.71. The molecule has 8 aliphatic carbocycles. The van der Waals surface area contributed by atoms with E-state index in [4.69, 9.17) is 0 Å². The van der Waals surface area contributed by atoms with Gasteiger partial charge in [0.15, 0.2) is 0 Å². The van der Waals surface area contributed by atoms with Crippen molar-refractivity contribution in [3.05, 3.63) is 35.9 Å². The van der Waals surface area contributed by atoms with Gasteiger partial charge in [0.2, 0.25) is 0 Å². The molecular formula is C31H45P. The summed E-state index contributed by atoms with van der Waals surface area (Å²) in [6, 6.07) is 11.8. The maximum Gasteiger partial charge on any atom is -0.00631 e. The second kappa shape index (κ2) is 6.25. The van der Waals surface area contributed by atoms with Crippen LogP contribution in [0.2, 0.25) is 0 Å². The standard InChI is InChI=1S/C31H45P/c1-26-10-24-11-27(2,17-26)20-30(14-24,19-26)32(16-23-8-6-5-7-9-23)31-15-25-12-28(3,21-31)18-29(4,13-25)22-31/h5-9,24-25H,10-22H2,1-4H3. The molecule has 0 aromatic heterocycles. The summed E-state index contributed by atoms with van der Waals surface area (Å²) in [7, 11) is -0.0125. The molecular weight excluding hydrogens is 403 g/mol. The molecule has 0 amide bonds. The third kappa shape index (κ3) is 3.03. The third-order valence-electron chi connectivity index (χ3n) is 11.5. The fourth-order valence-corrected chi connectivity index (χ4v) is 18.5. The fourth-order valence-electron chi connectivity index (χ4n) is 13.0. The lowest BCUT2D eigenvalue weighted by Gasteiger charge is -2.73. The molecule has 0 aliphatic heterocycles. The molecule has 32 heavy (non-hydrogen) atoms. The largest absolute Gasteiger partial charge is 0.0894 e. The average molecular weight is 449 g/mol. The summed E-state index contributed by atoms with van der Waals surface area (Å²) in [5.74, 6) is 2.06.